The number of hydrogen-bond acceptors (Lipinski definition) is 7. The number of amides is 3. The number of imidazole rings is 1. The van der Waals surface area contributed by atoms with E-state index in [0.717, 1.165) is 44.6 Å². The van der Waals surface area contributed by atoms with E-state index in [1.54, 1.807) is 29.6 Å². The highest BCUT2D eigenvalue weighted by Gasteiger charge is 2.21. The number of nitrogens with one attached hydrogen (secondary N) is 2. The monoisotopic (exact) mass is 522 g/mol. The quantitative estimate of drug-likeness (QED) is 0.313. The topological polar surface area (TPSA) is 119 Å². The van der Waals surface area contributed by atoms with Crippen molar-refractivity contribution in [3.63, 3.8) is 0 Å². The number of carbonyl (C=O) groups excluding carboxylic acids is 2. The molecular weight excluding hydrogens is 488 g/mol. The van der Waals surface area contributed by atoms with Gasteiger partial charge in [0.2, 0.25) is 0 Å². The number of anilines is 1. The number of carbonyl (C=O) groups is 2. The molecule has 2 aromatic heterocycles. The summed E-state index contributed by atoms with van der Waals surface area (Å²) in [6.07, 6.45) is 8.47. The lowest BCUT2D eigenvalue weighted by molar-refractivity contribution is 0.0956. The van der Waals surface area contributed by atoms with Crippen molar-refractivity contribution in [1.82, 2.24) is 30.1 Å². The average Bonchev–Trinajstić information content (AvgIpc) is 3.63. The van der Waals surface area contributed by atoms with Crippen LogP contribution in [0.15, 0.2) is 49.2 Å². The first kappa shape index (κ1) is 27.8. The van der Waals surface area contributed by atoms with Gasteiger partial charge < -0.3 is 20.1 Å². The lowest BCUT2D eigenvalue weighted by Crippen LogP contribution is -2.40. The molecule has 11 heteroatoms. The smallest absolute Gasteiger partial charge is 0.324 e. The van der Waals surface area contributed by atoms with Gasteiger partial charge in [0.15, 0.2) is 5.13 Å². The summed E-state index contributed by atoms with van der Waals surface area (Å²) in [6.45, 7) is 9.20. The fourth-order valence-electron chi connectivity index (χ4n) is 3.69. The van der Waals surface area contributed by atoms with Gasteiger partial charge in [0.05, 0.1) is 30.7 Å². The van der Waals surface area contributed by atoms with Crippen LogP contribution in [0.3, 0.4) is 0 Å². The van der Waals surface area contributed by atoms with Crippen molar-refractivity contribution in [2.75, 3.05) is 37.6 Å². The first-order chi connectivity index (χ1) is 18.0. The third-order valence-corrected chi connectivity index (χ3v) is 6.90. The Balaban J connectivity index is 1.62. The summed E-state index contributed by atoms with van der Waals surface area (Å²) in [5.41, 5.74) is 1.41. The van der Waals surface area contributed by atoms with Gasteiger partial charge in [-0.1, -0.05) is 37.3 Å². The van der Waals surface area contributed by atoms with Crippen LogP contribution in [-0.2, 0) is 13.1 Å². The van der Waals surface area contributed by atoms with Crippen molar-refractivity contribution in [1.29, 1.82) is 5.26 Å². The molecule has 0 radical (unpaired) electrons. The molecule has 2 N–H and O–H groups in total. The minimum atomic E-state index is -0.273. The summed E-state index contributed by atoms with van der Waals surface area (Å²) in [5, 5.41) is 15.4. The first-order valence-corrected chi connectivity index (χ1v) is 13.3. The van der Waals surface area contributed by atoms with Gasteiger partial charge in [-0.2, -0.15) is 5.26 Å². The zero-order valence-electron chi connectivity index (χ0n) is 21.4. The van der Waals surface area contributed by atoms with Crippen molar-refractivity contribution >= 4 is 28.4 Å². The largest absolute Gasteiger partial charge is 0.351 e. The first-order valence-electron chi connectivity index (χ1n) is 12.5. The lowest BCUT2D eigenvalue weighted by atomic mass is 10.1. The van der Waals surface area contributed by atoms with Crippen LogP contribution < -0.4 is 15.5 Å². The Kier molecular flexibility index (Phi) is 11.1. The number of nitrogens with zero attached hydrogens (tertiary/aromatic N) is 6. The molecule has 0 aliphatic heterocycles. The molecule has 3 aromatic rings. The molecule has 1 aromatic carbocycles. The van der Waals surface area contributed by atoms with Crippen LogP contribution in [0, 0.1) is 11.3 Å². The van der Waals surface area contributed by atoms with Crippen LogP contribution in [0.5, 0.6) is 0 Å². The second-order valence-electron chi connectivity index (χ2n) is 8.42. The molecule has 0 unspecified atom stereocenters. The van der Waals surface area contributed by atoms with Crippen LogP contribution in [0.4, 0.5) is 9.93 Å². The van der Waals surface area contributed by atoms with Gasteiger partial charge in [-0.05, 0) is 50.2 Å². The minimum Gasteiger partial charge on any atom is -0.351 e. The van der Waals surface area contributed by atoms with Crippen molar-refractivity contribution < 1.29 is 9.59 Å². The molecule has 37 heavy (non-hydrogen) atoms. The second kappa shape index (κ2) is 14.7. The van der Waals surface area contributed by atoms with Crippen LogP contribution >= 0.6 is 11.3 Å². The number of urea groups is 1. The zero-order chi connectivity index (χ0) is 26.5. The fraction of sp³-hybridized carbons (Fsp3) is 0.423. The molecule has 0 aliphatic carbocycles. The average molecular weight is 523 g/mol. The molecule has 0 atom stereocenters. The van der Waals surface area contributed by atoms with E-state index in [-0.39, 0.29) is 18.5 Å². The van der Waals surface area contributed by atoms with E-state index in [0.29, 0.717) is 28.7 Å². The molecule has 0 saturated carbocycles. The SMILES string of the molecule is CCN(CC)CCCNC(=O)N(Cc1ccc(C#N)cc1)c1ncc(C(=O)NCCCn2ccnc2)s1. The Bertz CT molecular complexity index is 1150. The zero-order valence-corrected chi connectivity index (χ0v) is 22.2. The fourth-order valence-corrected chi connectivity index (χ4v) is 4.52. The van der Waals surface area contributed by atoms with Crippen LogP contribution in [0.2, 0.25) is 0 Å². The van der Waals surface area contributed by atoms with E-state index < -0.39 is 0 Å². The minimum absolute atomic E-state index is 0.215. The van der Waals surface area contributed by atoms with E-state index in [9.17, 15) is 9.59 Å². The summed E-state index contributed by atoms with van der Waals surface area (Å²) in [6, 6.07) is 8.92. The predicted octanol–water partition coefficient (Wildman–Crippen LogP) is 3.48. The third-order valence-electron chi connectivity index (χ3n) is 5.88. The van der Waals surface area contributed by atoms with Gasteiger partial charge in [0.1, 0.15) is 4.88 Å². The molecule has 196 valence electrons. The van der Waals surface area contributed by atoms with E-state index in [1.165, 1.54) is 17.5 Å². The summed E-state index contributed by atoms with van der Waals surface area (Å²) in [5.74, 6) is -0.215. The van der Waals surface area contributed by atoms with Crippen molar-refractivity contribution in [3.05, 3.63) is 65.2 Å². The van der Waals surface area contributed by atoms with Gasteiger partial charge in [0, 0.05) is 32.0 Å². The Labute approximate surface area is 221 Å². The molecule has 0 bridgehead atoms. The number of rotatable bonds is 14. The van der Waals surface area contributed by atoms with Gasteiger partial charge in [0.25, 0.3) is 5.91 Å². The molecule has 0 spiro atoms. The van der Waals surface area contributed by atoms with Gasteiger partial charge in [-0.3, -0.25) is 9.69 Å². The normalized spacial score (nSPS) is 10.8. The van der Waals surface area contributed by atoms with E-state index >= 15 is 0 Å². The highest BCUT2D eigenvalue weighted by molar-refractivity contribution is 7.17. The number of thiazole rings is 1. The molecular formula is C26H34N8O2S. The molecule has 10 nitrogen and oxygen atoms in total. The number of benzene rings is 1. The summed E-state index contributed by atoms with van der Waals surface area (Å²) in [7, 11) is 0. The van der Waals surface area contributed by atoms with E-state index in [1.807, 2.05) is 22.9 Å². The van der Waals surface area contributed by atoms with Crippen LogP contribution in [0.25, 0.3) is 0 Å². The Morgan fingerprint density at radius 2 is 1.86 bits per heavy atom. The highest BCUT2D eigenvalue weighted by atomic mass is 32.1. The van der Waals surface area contributed by atoms with Gasteiger partial charge in [-0.25, -0.2) is 14.8 Å². The predicted molar refractivity (Wildman–Crippen MR) is 144 cm³/mol. The van der Waals surface area contributed by atoms with Gasteiger partial charge >= 0.3 is 6.03 Å². The lowest BCUT2D eigenvalue weighted by Gasteiger charge is -2.22. The standard InChI is InChI=1S/C26H34N8O2S/c1-3-32(4-2)14-6-12-30-25(36)34(19-22-9-7-21(17-27)8-10-22)26-31-18-23(37-26)24(35)29-11-5-15-33-16-13-28-20-33/h7-10,13,16,18,20H,3-6,11-12,14-15,19H2,1-2H3,(H,29,35)(H,30,36). The molecule has 0 fully saturated rings. The van der Waals surface area contributed by atoms with Crippen molar-refractivity contribution in [2.24, 2.45) is 0 Å². The number of aryl methyl sites for hydroxylation is 1. The third kappa shape index (κ3) is 8.70. The van der Waals surface area contributed by atoms with E-state index in [2.05, 4.69) is 45.4 Å². The molecule has 0 aliphatic rings. The molecule has 3 amide bonds. The molecule has 0 saturated heterocycles. The summed E-state index contributed by atoms with van der Waals surface area (Å²) < 4.78 is 1.96. The number of aromatic nitrogens is 3. The van der Waals surface area contributed by atoms with E-state index in [4.69, 9.17) is 5.26 Å². The highest BCUT2D eigenvalue weighted by Crippen LogP contribution is 2.24. The Hall–Kier alpha value is -3.75. The maximum Gasteiger partial charge on any atom is 0.324 e. The number of hydrogen-bond donors (Lipinski definition) is 2. The Morgan fingerprint density at radius 1 is 1.11 bits per heavy atom. The maximum absolute atomic E-state index is 13.2. The molecule has 3 rings (SSSR count). The summed E-state index contributed by atoms with van der Waals surface area (Å²) >= 11 is 1.18. The van der Waals surface area contributed by atoms with Crippen molar-refractivity contribution in [3.8, 4) is 6.07 Å². The maximum atomic E-state index is 13.2. The van der Waals surface area contributed by atoms with Crippen molar-refractivity contribution in [2.45, 2.75) is 39.8 Å². The molecule has 2 heterocycles. The Morgan fingerprint density at radius 3 is 2.54 bits per heavy atom. The number of nitriles is 1. The summed E-state index contributed by atoms with van der Waals surface area (Å²) in [4.78, 5) is 38.5. The van der Waals surface area contributed by atoms with Crippen LogP contribution in [-0.4, -0.2) is 64.1 Å². The van der Waals surface area contributed by atoms with Crippen LogP contribution in [0.1, 0.15) is 47.5 Å². The van der Waals surface area contributed by atoms with Gasteiger partial charge in [-0.15, -0.1) is 0 Å². The second-order valence-corrected chi connectivity index (χ2v) is 9.43.